The summed E-state index contributed by atoms with van der Waals surface area (Å²) in [7, 11) is 0. The predicted octanol–water partition coefficient (Wildman–Crippen LogP) is 4.60. The van der Waals surface area contributed by atoms with E-state index in [2.05, 4.69) is 6.58 Å². The van der Waals surface area contributed by atoms with E-state index in [9.17, 15) is 4.79 Å². The van der Waals surface area contributed by atoms with Crippen molar-refractivity contribution in [3.05, 3.63) is 76.8 Å². The first-order valence-electron chi connectivity index (χ1n) is 6.90. The third-order valence-electron chi connectivity index (χ3n) is 3.71. The van der Waals surface area contributed by atoms with E-state index in [0.717, 1.165) is 27.4 Å². The SMILES string of the molecule is C=C1SC(c2ccccc2)C(=O)N1c1c(C)cccc1C. The van der Waals surface area contributed by atoms with Crippen LogP contribution in [0.2, 0.25) is 0 Å². The van der Waals surface area contributed by atoms with E-state index in [0.29, 0.717) is 0 Å². The maximum atomic E-state index is 12.9. The normalized spacial score (nSPS) is 18.4. The first-order valence-corrected chi connectivity index (χ1v) is 7.78. The monoisotopic (exact) mass is 295 g/mol. The van der Waals surface area contributed by atoms with Crippen molar-refractivity contribution in [1.82, 2.24) is 0 Å². The lowest BCUT2D eigenvalue weighted by atomic mass is 10.1. The minimum Gasteiger partial charge on any atom is -0.274 e. The Morgan fingerprint density at radius 1 is 1.00 bits per heavy atom. The molecule has 2 nitrogen and oxygen atoms in total. The van der Waals surface area contributed by atoms with Crippen LogP contribution in [-0.2, 0) is 4.79 Å². The van der Waals surface area contributed by atoms with Gasteiger partial charge in [0.25, 0.3) is 0 Å². The van der Waals surface area contributed by atoms with Gasteiger partial charge in [0, 0.05) is 0 Å². The van der Waals surface area contributed by atoms with Gasteiger partial charge in [-0.2, -0.15) is 0 Å². The molecule has 1 aliphatic rings. The minimum atomic E-state index is -0.197. The van der Waals surface area contributed by atoms with Crippen molar-refractivity contribution < 1.29 is 4.79 Å². The highest BCUT2D eigenvalue weighted by Gasteiger charge is 2.38. The van der Waals surface area contributed by atoms with Crippen LogP contribution in [0, 0.1) is 13.8 Å². The van der Waals surface area contributed by atoms with Crippen molar-refractivity contribution in [2.45, 2.75) is 19.1 Å². The topological polar surface area (TPSA) is 20.3 Å². The van der Waals surface area contributed by atoms with Gasteiger partial charge >= 0.3 is 0 Å². The molecule has 21 heavy (non-hydrogen) atoms. The molecule has 1 saturated heterocycles. The smallest absolute Gasteiger partial charge is 0.249 e. The summed E-state index contributed by atoms with van der Waals surface area (Å²) >= 11 is 1.53. The Balaban J connectivity index is 2.02. The maximum absolute atomic E-state index is 12.9. The van der Waals surface area contributed by atoms with Gasteiger partial charge in [0.15, 0.2) is 0 Å². The van der Waals surface area contributed by atoms with Crippen LogP contribution in [0.5, 0.6) is 0 Å². The van der Waals surface area contributed by atoms with E-state index in [1.807, 2.05) is 62.4 Å². The second-order valence-electron chi connectivity index (χ2n) is 5.22. The lowest BCUT2D eigenvalue weighted by Crippen LogP contribution is -2.26. The standard InChI is InChI=1S/C18H17NOS/c1-12-8-7-9-13(2)16(12)19-14(3)21-17(18(19)20)15-10-5-4-6-11-15/h4-11,17H,3H2,1-2H3. The molecule has 0 spiro atoms. The molecule has 1 heterocycles. The Hall–Kier alpha value is -2.00. The largest absolute Gasteiger partial charge is 0.274 e. The zero-order valence-corrected chi connectivity index (χ0v) is 13.0. The average Bonchev–Trinajstić information content (AvgIpc) is 2.76. The van der Waals surface area contributed by atoms with Gasteiger partial charge in [-0.05, 0) is 30.5 Å². The summed E-state index contributed by atoms with van der Waals surface area (Å²) in [5.74, 6) is 0.0913. The molecule has 1 unspecified atom stereocenters. The second-order valence-corrected chi connectivity index (χ2v) is 6.39. The molecular weight excluding hydrogens is 278 g/mol. The molecule has 1 aliphatic heterocycles. The first kappa shape index (κ1) is 14.0. The van der Waals surface area contributed by atoms with Gasteiger partial charge in [-0.1, -0.05) is 66.9 Å². The molecular formula is C18H17NOS. The van der Waals surface area contributed by atoms with Crippen molar-refractivity contribution in [2.75, 3.05) is 4.90 Å². The van der Waals surface area contributed by atoms with Crippen LogP contribution in [0.3, 0.4) is 0 Å². The number of hydrogen-bond donors (Lipinski definition) is 0. The lowest BCUT2D eigenvalue weighted by molar-refractivity contribution is -0.117. The number of carbonyl (C=O) groups excluding carboxylic acids is 1. The second kappa shape index (κ2) is 5.41. The number of carbonyl (C=O) groups is 1. The van der Waals surface area contributed by atoms with Crippen LogP contribution in [0.15, 0.2) is 60.1 Å². The molecule has 0 bridgehead atoms. The molecule has 0 radical (unpaired) electrons. The number of hydrogen-bond acceptors (Lipinski definition) is 2. The van der Waals surface area contributed by atoms with E-state index < -0.39 is 0 Å². The third kappa shape index (κ3) is 2.38. The van der Waals surface area contributed by atoms with E-state index in [-0.39, 0.29) is 11.2 Å². The van der Waals surface area contributed by atoms with Crippen molar-refractivity contribution in [2.24, 2.45) is 0 Å². The van der Waals surface area contributed by atoms with Crippen molar-refractivity contribution in [3.8, 4) is 0 Å². The fraction of sp³-hybridized carbons (Fsp3) is 0.167. The van der Waals surface area contributed by atoms with Gasteiger partial charge < -0.3 is 0 Å². The molecule has 2 aromatic rings. The quantitative estimate of drug-likeness (QED) is 0.807. The van der Waals surface area contributed by atoms with E-state index in [1.54, 1.807) is 4.90 Å². The fourth-order valence-corrected chi connectivity index (χ4v) is 3.77. The van der Waals surface area contributed by atoms with Gasteiger partial charge in [-0.15, -0.1) is 0 Å². The Bertz CT molecular complexity index is 688. The van der Waals surface area contributed by atoms with Gasteiger partial charge in [-0.25, -0.2) is 0 Å². The highest BCUT2D eigenvalue weighted by Crippen LogP contribution is 2.47. The molecule has 1 amide bonds. The molecule has 0 saturated carbocycles. The maximum Gasteiger partial charge on any atom is 0.249 e. The number of benzene rings is 2. The first-order chi connectivity index (χ1) is 10.1. The van der Waals surface area contributed by atoms with Crippen LogP contribution < -0.4 is 4.90 Å². The third-order valence-corrected chi connectivity index (χ3v) is 4.88. The number of para-hydroxylation sites is 1. The van der Waals surface area contributed by atoms with Crippen molar-refractivity contribution in [3.63, 3.8) is 0 Å². The molecule has 0 aliphatic carbocycles. The molecule has 1 fully saturated rings. The fourth-order valence-electron chi connectivity index (χ4n) is 2.71. The summed E-state index contributed by atoms with van der Waals surface area (Å²) in [5, 5.41) is 0.601. The van der Waals surface area contributed by atoms with Crippen LogP contribution in [0.25, 0.3) is 0 Å². The van der Waals surface area contributed by atoms with Crippen LogP contribution in [-0.4, -0.2) is 5.91 Å². The predicted molar refractivity (Wildman–Crippen MR) is 89.3 cm³/mol. The Kier molecular flexibility index (Phi) is 3.60. The zero-order valence-electron chi connectivity index (χ0n) is 12.2. The summed E-state index contributed by atoms with van der Waals surface area (Å²) < 4.78 is 0. The number of thioether (sulfide) groups is 1. The van der Waals surface area contributed by atoms with Crippen LogP contribution in [0.4, 0.5) is 5.69 Å². The summed E-state index contributed by atoms with van der Waals surface area (Å²) in [5.41, 5.74) is 4.19. The summed E-state index contributed by atoms with van der Waals surface area (Å²) in [6.07, 6.45) is 0. The zero-order chi connectivity index (χ0) is 15.0. The Morgan fingerprint density at radius 3 is 2.24 bits per heavy atom. The lowest BCUT2D eigenvalue weighted by Gasteiger charge is -2.21. The van der Waals surface area contributed by atoms with Crippen LogP contribution >= 0.6 is 11.8 Å². The van der Waals surface area contributed by atoms with E-state index in [1.165, 1.54) is 11.8 Å². The van der Waals surface area contributed by atoms with Gasteiger partial charge in [0.1, 0.15) is 5.25 Å². The van der Waals surface area contributed by atoms with Crippen LogP contribution in [0.1, 0.15) is 21.9 Å². The highest BCUT2D eigenvalue weighted by molar-refractivity contribution is 8.04. The minimum absolute atomic E-state index is 0.0913. The molecule has 0 aromatic heterocycles. The van der Waals surface area contributed by atoms with Gasteiger partial charge in [-0.3, -0.25) is 9.69 Å². The summed E-state index contributed by atoms with van der Waals surface area (Å²) in [4.78, 5) is 14.6. The number of anilines is 1. The van der Waals surface area contributed by atoms with Gasteiger partial charge in [0.2, 0.25) is 5.91 Å². The van der Waals surface area contributed by atoms with E-state index >= 15 is 0 Å². The Morgan fingerprint density at radius 2 is 1.62 bits per heavy atom. The molecule has 2 aromatic carbocycles. The van der Waals surface area contributed by atoms with Crippen molar-refractivity contribution >= 4 is 23.4 Å². The summed E-state index contributed by atoms with van der Waals surface area (Å²) in [6.45, 7) is 8.15. The Labute approximate surface area is 129 Å². The number of amides is 1. The molecule has 0 N–H and O–H groups in total. The molecule has 1 atom stereocenters. The average molecular weight is 295 g/mol. The molecule has 106 valence electrons. The van der Waals surface area contributed by atoms with Gasteiger partial charge in [0.05, 0.1) is 10.7 Å². The number of aryl methyl sites for hydroxylation is 2. The molecule has 3 heteroatoms. The van der Waals surface area contributed by atoms with E-state index in [4.69, 9.17) is 0 Å². The summed E-state index contributed by atoms with van der Waals surface area (Å²) in [6, 6.07) is 16.0. The number of rotatable bonds is 2. The number of nitrogens with zero attached hydrogens (tertiary/aromatic N) is 1. The highest BCUT2D eigenvalue weighted by atomic mass is 32.2. The van der Waals surface area contributed by atoms with Crippen molar-refractivity contribution in [1.29, 1.82) is 0 Å². The molecule has 3 rings (SSSR count).